The number of fused-ring (bicyclic) bond motifs is 1. The maximum atomic E-state index is 14.4. The monoisotopic (exact) mass is 1030 g/mol. The number of nitrogens with two attached hydrogens (primary N) is 5. The number of nitrogens with one attached hydrogen (secondary N) is 5. The maximum absolute atomic E-state index is 14.4. The molecule has 0 aromatic heterocycles. The van der Waals surface area contributed by atoms with Crippen molar-refractivity contribution in [3.05, 3.63) is 129 Å². The summed E-state index contributed by atoms with van der Waals surface area (Å²) in [6, 6.07) is 16.6. The van der Waals surface area contributed by atoms with E-state index in [0.717, 1.165) is 44.5 Å². The van der Waals surface area contributed by atoms with Crippen LogP contribution in [0.5, 0.6) is 11.5 Å². The molecule has 0 spiro atoms. The molecule has 0 fully saturated rings. The van der Waals surface area contributed by atoms with Crippen molar-refractivity contribution in [2.75, 3.05) is 26.2 Å². The molecular formula is C55H76N12O8. The summed E-state index contributed by atoms with van der Waals surface area (Å²) < 4.78 is 0. The third kappa shape index (κ3) is 17.3. The molecule has 404 valence electrons. The normalized spacial score (nSPS) is 15.0. The van der Waals surface area contributed by atoms with Gasteiger partial charge in [-0.3, -0.25) is 33.8 Å². The van der Waals surface area contributed by atoms with E-state index in [2.05, 4.69) is 31.6 Å². The molecule has 75 heavy (non-hydrogen) atoms. The molecule has 0 bridgehead atoms. The van der Waals surface area contributed by atoms with Crippen molar-refractivity contribution in [3.63, 3.8) is 0 Å². The minimum atomic E-state index is -1.22. The van der Waals surface area contributed by atoms with Crippen LogP contribution in [-0.2, 0) is 61.0 Å². The van der Waals surface area contributed by atoms with Crippen molar-refractivity contribution in [1.82, 2.24) is 31.5 Å². The number of rotatable bonds is 26. The first-order valence-corrected chi connectivity index (χ1v) is 25.5. The fraction of sp³-hybridized carbons (Fsp3) is 0.436. The van der Waals surface area contributed by atoms with Gasteiger partial charge in [0.25, 0.3) is 0 Å². The summed E-state index contributed by atoms with van der Waals surface area (Å²) in [4.78, 5) is 89.8. The summed E-state index contributed by atoms with van der Waals surface area (Å²) in [7, 11) is 0. The SMILES string of the molecule is Cc1cc(O)cc(C)c1C[C@H](N)C(=O)N[C@H](CCCN=C(N)N)C(=O)N[C@@H](Cc1ccccc1)C(=O)N[C@@H](CCCCN)C(=O)NCCNC(=O)C1Cc2ccccc2CN1C(=O)[C@@H](N)Cc1c(C)cc(O)cc1C. The summed E-state index contributed by atoms with van der Waals surface area (Å²) in [6.07, 6.45) is 2.21. The Bertz CT molecular complexity index is 2610. The fourth-order valence-corrected chi connectivity index (χ4v) is 9.44. The molecule has 5 rings (SSSR count). The van der Waals surface area contributed by atoms with E-state index < -0.39 is 71.7 Å². The number of carbonyl (C=O) groups is 6. The van der Waals surface area contributed by atoms with E-state index in [4.69, 9.17) is 28.7 Å². The smallest absolute Gasteiger partial charge is 0.243 e. The van der Waals surface area contributed by atoms with Gasteiger partial charge in [-0.05, 0) is 154 Å². The predicted molar refractivity (Wildman–Crippen MR) is 288 cm³/mol. The van der Waals surface area contributed by atoms with Gasteiger partial charge in [-0.2, -0.15) is 0 Å². The number of guanidine groups is 1. The van der Waals surface area contributed by atoms with Gasteiger partial charge in [-0.1, -0.05) is 54.6 Å². The molecule has 20 nitrogen and oxygen atoms in total. The van der Waals surface area contributed by atoms with E-state index in [0.29, 0.717) is 24.9 Å². The predicted octanol–water partition coefficient (Wildman–Crippen LogP) is 0.837. The number of aliphatic imine (C=N–C) groups is 1. The zero-order valence-electron chi connectivity index (χ0n) is 43.5. The van der Waals surface area contributed by atoms with Crippen LogP contribution >= 0.6 is 0 Å². The van der Waals surface area contributed by atoms with Crippen LogP contribution in [0.25, 0.3) is 0 Å². The van der Waals surface area contributed by atoms with E-state index in [9.17, 15) is 39.0 Å². The third-order valence-corrected chi connectivity index (χ3v) is 13.5. The summed E-state index contributed by atoms with van der Waals surface area (Å²) >= 11 is 0. The summed E-state index contributed by atoms with van der Waals surface area (Å²) in [5, 5.41) is 34.2. The van der Waals surface area contributed by atoms with Crippen molar-refractivity contribution >= 4 is 41.4 Å². The Morgan fingerprint density at radius 1 is 0.627 bits per heavy atom. The van der Waals surface area contributed by atoms with Gasteiger partial charge in [-0.15, -0.1) is 0 Å². The highest BCUT2D eigenvalue weighted by molar-refractivity contribution is 5.95. The highest BCUT2D eigenvalue weighted by Gasteiger charge is 2.37. The topological polar surface area (TPSA) is 349 Å². The van der Waals surface area contributed by atoms with Gasteiger partial charge in [0.15, 0.2) is 5.96 Å². The third-order valence-electron chi connectivity index (χ3n) is 13.5. The van der Waals surface area contributed by atoms with Gasteiger partial charge in [-0.25, -0.2) is 0 Å². The molecule has 1 unspecified atom stereocenters. The molecule has 1 heterocycles. The molecule has 0 saturated heterocycles. The molecule has 0 radical (unpaired) electrons. The van der Waals surface area contributed by atoms with Crippen LogP contribution in [0.2, 0.25) is 0 Å². The lowest BCUT2D eigenvalue weighted by Gasteiger charge is -2.37. The van der Waals surface area contributed by atoms with E-state index in [-0.39, 0.29) is 88.6 Å². The minimum Gasteiger partial charge on any atom is -0.508 e. The van der Waals surface area contributed by atoms with Crippen molar-refractivity contribution in [1.29, 1.82) is 0 Å². The molecule has 0 aliphatic carbocycles. The van der Waals surface area contributed by atoms with Crippen molar-refractivity contribution in [2.45, 2.75) is 128 Å². The lowest BCUT2D eigenvalue weighted by Crippen LogP contribution is -2.58. The number of carbonyl (C=O) groups excluding carboxylic acids is 6. The van der Waals surface area contributed by atoms with Crippen LogP contribution in [0, 0.1) is 27.7 Å². The van der Waals surface area contributed by atoms with Crippen LogP contribution in [-0.4, -0.2) is 119 Å². The zero-order chi connectivity index (χ0) is 54.8. The van der Waals surface area contributed by atoms with Gasteiger partial charge in [0.05, 0.1) is 12.1 Å². The number of benzene rings is 4. The standard InChI is InChI=1S/C55H76N12O8/c1-32-23-39(68)24-33(2)41(32)29-43(57)49(70)64-46(18-12-20-63-55(59)60)51(72)66-47(27-36-13-6-5-7-14-36)52(73)65-45(17-10-11-19-56)50(71)61-21-22-62-53(74)48-28-37-15-8-9-16-38(37)31-67(48)54(75)44(58)30-42-34(3)25-40(69)26-35(42)4/h5-9,13-16,23-26,43-48,68-69H,10-12,17-22,27-31,56-58H2,1-4H3,(H,61,71)(H,62,74)(H,64,70)(H,65,73)(H,66,72)(H4,59,60,63)/t43-,44-,45-,46+,47-,48?/m0/s1. The second-order valence-corrected chi connectivity index (χ2v) is 19.4. The molecule has 6 amide bonds. The summed E-state index contributed by atoms with van der Waals surface area (Å²) in [5.41, 5.74) is 37.1. The fourth-order valence-electron chi connectivity index (χ4n) is 9.44. The lowest BCUT2D eigenvalue weighted by atomic mass is 9.91. The quantitative estimate of drug-likeness (QED) is 0.0236. The number of phenols is 2. The van der Waals surface area contributed by atoms with Gasteiger partial charge >= 0.3 is 0 Å². The molecule has 6 atom stereocenters. The van der Waals surface area contributed by atoms with Crippen LogP contribution in [0.1, 0.15) is 82.2 Å². The zero-order valence-corrected chi connectivity index (χ0v) is 43.5. The lowest BCUT2D eigenvalue weighted by molar-refractivity contribution is -0.142. The highest BCUT2D eigenvalue weighted by Crippen LogP contribution is 2.27. The number of hydrogen-bond acceptors (Lipinski definition) is 12. The van der Waals surface area contributed by atoms with Crippen molar-refractivity contribution < 1.29 is 39.0 Å². The Balaban J connectivity index is 1.27. The molecule has 4 aromatic carbocycles. The first-order valence-electron chi connectivity index (χ1n) is 25.5. The Morgan fingerprint density at radius 3 is 1.73 bits per heavy atom. The second-order valence-electron chi connectivity index (χ2n) is 19.4. The first-order chi connectivity index (χ1) is 35.8. The number of unbranched alkanes of at least 4 members (excludes halogenated alkanes) is 1. The molecule has 1 aliphatic heterocycles. The van der Waals surface area contributed by atoms with E-state index >= 15 is 0 Å². The first kappa shape index (κ1) is 58.3. The Kier molecular flexibility index (Phi) is 21.9. The molecule has 1 aliphatic rings. The summed E-state index contributed by atoms with van der Waals surface area (Å²) in [6.45, 7) is 7.93. The Morgan fingerprint density at radius 2 is 1.13 bits per heavy atom. The van der Waals surface area contributed by atoms with Gasteiger partial charge in [0.1, 0.15) is 35.7 Å². The van der Waals surface area contributed by atoms with E-state index in [1.807, 2.05) is 44.2 Å². The number of hydrogen-bond donors (Lipinski definition) is 12. The Hall–Kier alpha value is -7.55. The molecular weight excluding hydrogens is 957 g/mol. The number of aryl methyl sites for hydroxylation is 4. The van der Waals surface area contributed by atoms with Gasteiger partial charge in [0.2, 0.25) is 35.4 Å². The number of amides is 6. The van der Waals surface area contributed by atoms with Crippen LogP contribution in [0.15, 0.2) is 83.9 Å². The number of phenolic OH excluding ortho intramolecular Hbond substituents is 2. The molecule has 4 aromatic rings. The van der Waals surface area contributed by atoms with Crippen LogP contribution in [0.3, 0.4) is 0 Å². The number of aromatic hydroxyl groups is 2. The van der Waals surface area contributed by atoms with Crippen molar-refractivity contribution in [2.24, 2.45) is 33.7 Å². The average Bonchev–Trinajstić information content (AvgIpc) is 3.36. The number of nitrogens with zero attached hydrogens (tertiary/aromatic N) is 2. The van der Waals surface area contributed by atoms with Crippen molar-refractivity contribution in [3.8, 4) is 11.5 Å². The van der Waals surface area contributed by atoms with Gasteiger partial charge < -0.3 is 70.4 Å². The van der Waals surface area contributed by atoms with Gasteiger partial charge in [0, 0.05) is 39.0 Å². The second kappa shape index (κ2) is 28.2. The molecule has 0 saturated carbocycles. The molecule has 17 N–H and O–H groups in total. The minimum absolute atomic E-state index is 0.00698. The van der Waals surface area contributed by atoms with E-state index in [1.165, 1.54) is 4.90 Å². The average molecular weight is 1030 g/mol. The largest absolute Gasteiger partial charge is 0.508 e. The van der Waals surface area contributed by atoms with Crippen LogP contribution < -0.4 is 55.3 Å². The highest BCUT2D eigenvalue weighted by atomic mass is 16.3. The molecule has 20 heteroatoms. The van der Waals surface area contributed by atoms with Crippen LogP contribution in [0.4, 0.5) is 0 Å². The van der Waals surface area contributed by atoms with E-state index in [1.54, 1.807) is 62.4 Å². The maximum Gasteiger partial charge on any atom is 0.243 e. The Labute approximate surface area is 439 Å². The summed E-state index contributed by atoms with van der Waals surface area (Å²) in [5.74, 6) is -3.27.